The van der Waals surface area contributed by atoms with Crippen molar-refractivity contribution in [3.05, 3.63) is 0 Å². The van der Waals surface area contributed by atoms with E-state index in [0.717, 1.165) is 30.6 Å². The van der Waals surface area contributed by atoms with Gasteiger partial charge in [-0.15, -0.1) is 0 Å². The molecule has 4 N–H and O–H groups in total. The van der Waals surface area contributed by atoms with E-state index in [0.29, 0.717) is 6.54 Å². The third-order valence-electron chi connectivity index (χ3n) is 3.98. The summed E-state index contributed by atoms with van der Waals surface area (Å²) in [5.41, 5.74) is 11.9. The number of nitrogens with two attached hydrogens (primary N) is 2. The molecule has 0 heterocycles. The Morgan fingerprint density at radius 3 is 2.50 bits per heavy atom. The molecule has 0 saturated heterocycles. The number of hydrogen-bond donors (Lipinski definition) is 2. The lowest BCUT2D eigenvalue weighted by Gasteiger charge is -2.24. The first-order valence-corrected chi connectivity index (χ1v) is 6.01. The highest BCUT2D eigenvalue weighted by molar-refractivity contribution is 4.98. The van der Waals surface area contributed by atoms with E-state index in [-0.39, 0.29) is 5.54 Å². The normalized spacial score (nSPS) is 40.1. The molecule has 4 unspecified atom stereocenters. The zero-order valence-corrected chi connectivity index (χ0v) is 9.92. The van der Waals surface area contributed by atoms with Crippen LogP contribution in [0.15, 0.2) is 0 Å². The molecule has 0 amide bonds. The predicted molar refractivity (Wildman–Crippen MR) is 61.9 cm³/mol. The molecule has 1 aliphatic carbocycles. The summed E-state index contributed by atoms with van der Waals surface area (Å²) in [6, 6.07) is 0. The number of rotatable bonds is 4. The van der Waals surface area contributed by atoms with Crippen molar-refractivity contribution in [2.45, 2.75) is 52.0 Å². The van der Waals surface area contributed by atoms with Crippen LogP contribution in [0.25, 0.3) is 0 Å². The molecule has 0 aromatic carbocycles. The smallest absolute Gasteiger partial charge is 0.0284 e. The quantitative estimate of drug-likeness (QED) is 0.727. The summed E-state index contributed by atoms with van der Waals surface area (Å²) in [6.07, 6.45) is 4.86. The maximum absolute atomic E-state index is 6.25. The van der Waals surface area contributed by atoms with Gasteiger partial charge in [-0.1, -0.05) is 33.6 Å². The van der Waals surface area contributed by atoms with E-state index in [1.54, 1.807) is 0 Å². The molecule has 14 heavy (non-hydrogen) atoms. The van der Waals surface area contributed by atoms with Gasteiger partial charge in [0.1, 0.15) is 0 Å². The van der Waals surface area contributed by atoms with Crippen molar-refractivity contribution < 1.29 is 0 Å². The average Bonchev–Trinajstić information content (AvgIpc) is 2.43. The van der Waals surface area contributed by atoms with Gasteiger partial charge in [0, 0.05) is 12.1 Å². The average molecular weight is 198 g/mol. The monoisotopic (exact) mass is 198 g/mol. The van der Waals surface area contributed by atoms with Crippen molar-refractivity contribution in [1.29, 1.82) is 0 Å². The maximum Gasteiger partial charge on any atom is 0.0284 e. The summed E-state index contributed by atoms with van der Waals surface area (Å²) in [5, 5.41) is 0. The molecule has 0 spiro atoms. The van der Waals surface area contributed by atoms with Crippen LogP contribution in [0.4, 0.5) is 0 Å². The molecule has 1 rings (SSSR count). The van der Waals surface area contributed by atoms with Gasteiger partial charge in [-0.2, -0.15) is 0 Å². The minimum absolute atomic E-state index is 0.0634. The van der Waals surface area contributed by atoms with E-state index in [1.165, 1.54) is 12.8 Å². The van der Waals surface area contributed by atoms with E-state index >= 15 is 0 Å². The fourth-order valence-electron chi connectivity index (χ4n) is 3.14. The van der Waals surface area contributed by atoms with Gasteiger partial charge < -0.3 is 11.5 Å². The Labute approximate surface area is 88.4 Å². The van der Waals surface area contributed by atoms with Gasteiger partial charge in [0.25, 0.3) is 0 Å². The van der Waals surface area contributed by atoms with Crippen LogP contribution in [-0.4, -0.2) is 12.1 Å². The minimum atomic E-state index is -0.0634. The maximum atomic E-state index is 6.25. The standard InChI is InChI=1S/C12H26N2/c1-4-5-9(2)11-7-12(14,8-13)6-10(11)3/h9-11H,4-8,13-14H2,1-3H3. The first-order valence-electron chi connectivity index (χ1n) is 6.01. The van der Waals surface area contributed by atoms with Gasteiger partial charge in [0.15, 0.2) is 0 Å². The van der Waals surface area contributed by atoms with E-state index in [4.69, 9.17) is 11.5 Å². The fraction of sp³-hybridized carbons (Fsp3) is 1.00. The van der Waals surface area contributed by atoms with Crippen molar-refractivity contribution in [2.75, 3.05) is 6.54 Å². The van der Waals surface area contributed by atoms with Crippen LogP contribution in [0.3, 0.4) is 0 Å². The molecule has 0 aromatic heterocycles. The first kappa shape index (κ1) is 12.0. The molecule has 4 atom stereocenters. The molecule has 0 aliphatic heterocycles. The van der Waals surface area contributed by atoms with E-state index in [9.17, 15) is 0 Å². The highest BCUT2D eigenvalue weighted by atomic mass is 14.8. The van der Waals surface area contributed by atoms with Crippen LogP contribution >= 0.6 is 0 Å². The Kier molecular flexibility index (Phi) is 3.96. The minimum Gasteiger partial charge on any atom is -0.329 e. The molecular weight excluding hydrogens is 172 g/mol. The lowest BCUT2D eigenvalue weighted by molar-refractivity contribution is 0.274. The summed E-state index contributed by atoms with van der Waals surface area (Å²) in [7, 11) is 0. The molecule has 1 fully saturated rings. The zero-order valence-electron chi connectivity index (χ0n) is 9.92. The van der Waals surface area contributed by atoms with Gasteiger partial charge in [-0.05, 0) is 30.6 Å². The van der Waals surface area contributed by atoms with Crippen LogP contribution in [-0.2, 0) is 0 Å². The topological polar surface area (TPSA) is 52.0 Å². The molecule has 0 radical (unpaired) electrons. The molecule has 1 saturated carbocycles. The largest absolute Gasteiger partial charge is 0.329 e. The van der Waals surface area contributed by atoms with Crippen LogP contribution in [0.2, 0.25) is 0 Å². The van der Waals surface area contributed by atoms with Crippen LogP contribution in [0.1, 0.15) is 46.5 Å². The van der Waals surface area contributed by atoms with Gasteiger partial charge in [0.05, 0.1) is 0 Å². The molecular formula is C12H26N2. The van der Waals surface area contributed by atoms with Gasteiger partial charge >= 0.3 is 0 Å². The second-order valence-electron chi connectivity index (χ2n) is 5.38. The highest BCUT2D eigenvalue weighted by Crippen LogP contribution is 2.42. The fourth-order valence-corrected chi connectivity index (χ4v) is 3.14. The molecule has 0 aromatic rings. The Balaban J connectivity index is 2.56. The highest BCUT2D eigenvalue weighted by Gasteiger charge is 2.41. The van der Waals surface area contributed by atoms with Crippen molar-refractivity contribution in [2.24, 2.45) is 29.2 Å². The summed E-state index contributed by atoms with van der Waals surface area (Å²) >= 11 is 0. The van der Waals surface area contributed by atoms with Gasteiger partial charge in [0.2, 0.25) is 0 Å². The summed E-state index contributed by atoms with van der Waals surface area (Å²) < 4.78 is 0. The van der Waals surface area contributed by atoms with Gasteiger partial charge in [-0.3, -0.25) is 0 Å². The van der Waals surface area contributed by atoms with Crippen molar-refractivity contribution in [3.8, 4) is 0 Å². The zero-order chi connectivity index (χ0) is 10.8. The predicted octanol–water partition coefficient (Wildman–Crippen LogP) is 2.12. The SMILES string of the molecule is CCCC(C)C1CC(N)(CN)CC1C. The lowest BCUT2D eigenvalue weighted by atomic mass is 9.83. The Morgan fingerprint density at radius 2 is 2.07 bits per heavy atom. The van der Waals surface area contributed by atoms with Crippen molar-refractivity contribution in [1.82, 2.24) is 0 Å². The summed E-state index contributed by atoms with van der Waals surface area (Å²) in [5.74, 6) is 2.36. The molecule has 2 heteroatoms. The molecule has 0 bridgehead atoms. The summed E-state index contributed by atoms with van der Waals surface area (Å²) in [4.78, 5) is 0. The van der Waals surface area contributed by atoms with Crippen molar-refractivity contribution >= 4 is 0 Å². The Hall–Kier alpha value is -0.0800. The van der Waals surface area contributed by atoms with Crippen LogP contribution in [0.5, 0.6) is 0 Å². The van der Waals surface area contributed by atoms with Crippen molar-refractivity contribution in [3.63, 3.8) is 0 Å². The van der Waals surface area contributed by atoms with Gasteiger partial charge in [-0.25, -0.2) is 0 Å². The second-order valence-corrected chi connectivity index (χ2v) is 5.38. The first-order chi connectivity index (χ1) is 6.52. The van der Waals surface area contributed by atoms with E-state index < -0.39 is 0 Å². The second kappa shape index (κ2) is 4.63. The third kappa shape index (κ3) is 2.48. The molecule has 1 aliphatic rings. The Bertz CT molecular complexity index is 177. The van der Waals surface area contributed by atoms with Crippen LogP contribution in [0, 0.1) is 17.8 Å². The van der Waals surface area contributed by atoms with E-state index in [2.05, 4.69) is 20.8 Å². The summed E-state index contributed by atoms with van der Waals surface area (Å²) in [6.45, 7) is 7.61. The molecule has 2 nitrogen and oxygen atoms in total. The third-order valence-corrected chi connectivity index (χ3v) is 3.98. The molecule has 84 valence electrons. The Morgan fingerprint density at radius 1 is 1.43 bits per heavy atom. The van der Waals surface area contributed by atoms with Crippen LogP contribution < -0.4 is 11.5 Å². The number of hydrogen-bond acceptors (Lipinski definition) is 2. The lowest BCUT2D eigenvalue weighted by Crippen LogP contribution is -2.44. The van der Waals surface area contributed by atoms with E-state index in [1.807, 2.05) is 0 Å².